The Morgan fingerprint density at radius 3 is 2.15 bits per heavy atom. The maximum absolute atomic E-state index is 13.5. The van der Waals surface area contributed by atoms with Gasteiger partial charge in [0.25, 0.3) is 0 Å². The molecule has 0 heterocycles. The number of halogens is 3. The predicted molar refractivity (Wildman–Crippen MR) is 76.6 cm³/mol. The summed E-state index contributed by atoms with van der Waals surface area (Å²) >= 11 is 6.15. The molecule has 4 heteroatoms. The molecule has 1 nitrogen and oxygen atoms in total. The van der Waals surface area contributed by atoms with Crippen molar-refractivity contribution in [1.82, 2.24) is 0 Å². The van der Waals surface area contributed by atoms with Crippen LogP contribution in [0.5, 0.6) is 11.5 Å². The first-order chi connectivity index (χ1) is 9.27. The van der Waals surface area contributed by atoms with E-state index in [1.54, 1.807) is 12.1 Å². The molecule has 0 N–H and O–H groups in total. The molecule has 0 aliphatic carbocycles. The van der Waals surface area contributed by atoms with Crippen LogP contribution in [-0.4, -0.2) is 0 Å². The smallest absolute Gasteiger partial charge is 0.168 e. The van der Waals surface area contributed by atoms with Crippen LogP contribution in [0.1, 0.15) is 26.3 Å². The first-order valence-corrected chi connectivity index (χ1v) is 6.58. The van der Waals surface area contributed by atoms with Crippen molar-refractivity contribution in [3.63, 3.8) is 0 Å². The Morgan fingerprint density at radius 2 is 1.60 bits per heavy atom. The summed E-state index contributed by atoms with van der Waals surface area (Å²) in [4.78, 5) is 0. The van der Waals surface area contributed by atoms with Gasteiger partial charge in [0.2, 0.25) is 0 Å². The van der Waals surface area contributed by atoms with Crippen molar-refractivity contribution in [2.45, 2.75) is 26.2 Å². The van der Waals surface area contributed by atoms with Gasteiger partial charge in [-0.05, 0) is 35.2 Å². The Labute approximate surface area is 122 Å². The highest BCUT2D eigenvalue weighted by Gasteiger charge is 2.16. The lowest BCUT2D eigenvalue weighted by Crippen LogP contribution is -2.10. The minimum atomic E-state index is -0.763. The molecule has 0 saturated carbocycles. The molecule has 0 radical (unpaired) electrons. The van der Waals surface area contributed by atoms with E-state index in [1.807, 2.05) is 6.07 Å². The maximum Gasteiger partial charge on any atom is 0.168 e. The monoisotopic (exact) mass is 296 g/mol. The van der Waals surface area contributed by atoms with Crippen LogP contribution in [0, 0.1) is 11.6 Å². The molecule has 0 aromatic heterocycles. The SMILES string of the molecule is CC(C)(C)c1ccc(Oc2ccc(F)cc2F)c(Cl)c1. The van der Waals surface area contributed by atoms with Crippen molar-refractivity contribution in [2.24, 2.45) is 0 Å². The van der Waals surface area contributed by atoms with Crippen LogP contribution in [0.25, 0.3) is 0 Å². The molecule has 2 aromatic carbocycles. The predicted octanol–water partition coefficient (Wildman–Crippen LogP) is 5.71. The molecule has 0 bridgehead atoms. The van der Waals surface area contributed by atoms with Crippen LogP contribution < -0.4 is 4.74 Å². The van der Waals surface area contributed by atoms with E-state index >= 15 is 0 Å². The molecule has 0 atom stereocenters. The van der Waals surface area contributed by atoms with E-state index in [2.05, 4.69) is 20.8 Å². The quantitative estimate of drug-likeness (QED) is 0.690. The Balaban J connectivity index is 2.30. The fourth-order valence-electron chi connectivity index (χ4n) is 1.73. The molecule has 0 aliphatic heterocycles. The van der Waals surface area contributed by atoms with Crippen LogP contribution in [0.4, 0.5) is 8.78 Å². The Hall–Kier alpha value is -1.61. The van der Waals surface area contributed by atoms with Gasteiger partial charge >= 0.3 is 0 Å². The third-order valence-electron chi connectivity index (χ3n) is 2.91. The van der Waals surface area contributed by atoms with Gasteiger partial charge in [0.05, 0.1) is 5.02 Å². The van der Waals surface area contributed by atoms with E-state index in [0.29, 0.717) is 10.8 Å². The zero-order chi connectivity index (χ0) is 14.9. The lowest BCUT2D eigenvalue weighted by atomic mass is 9.87. The van der Waals surface area contributed by atoms with Crippen molar-refractivity contribution < 1.29 is 13.5 Å². The van der Waals surface area contributed by atoms with Crippen molar-refractivity contribution in [2.75, 3.05) is 0 Å². The van der Waals surface area contributed by atoms with Gasteiger partial charge in [0, 0.05) is 6.07 Å². The number of ether oxygens (including phenoxy) is 1. The Bertz CT molecular complexity index is 633. The van der Waals surface area contributed by atoms with Crippen LogP contribution in [0.15, 0.2) is 36.4 Å². The van der Waals surface area contributed by atoms with Gasteiger partial charge < -0.3 is 4.74 Å². The Morgan fingerprint density at radius 1 is 0.950 bits per heavy atom. The first-order valence-electron chi connectivity index (χ1n) is 6.20. The highest BCUT2D eigenvalue weighted by molar-refractivity contribution is 6.32. The number of benzene rings is 2. The summed E-state index contributed by atoms with van der Waals surface area (Å²) in [6, 6.07) is 8.49. The van der Waals surface area contributed by atoms with Crippen molar-refractivity contribution in [3.05, 3.63) is 58.6 Å². The van der Waals surface area contributed by atoms with E-state index in [0.717, 1.165) is 17.7 Å². The van der Waals surface area contributed by atoms with Crippen LogP contribution in [-0.2, 0) is 5.41 Å². The lowest BCUT2D eigenvalue weighted by Gasteiger charge is -2.20. The second-order valence-corrected chi connectivity index (χ2v) is 5.98. The summed E-state index contributed by atoms with van der Waals surface area (Å²) in [5, 5.41) is 0.390. The molecule has 0 spiro atoms. The van der Waals surface area contributed by atoms with Gasteiger partial charge in [-0.2, -0.15) is 0 Å². The number of hydrogen-bond acceptors (Lipinski definition) is 1. The molecular weight excluding hydrogens is 282 g/mol. The standard InChI is InChI=1S/C16H15ClF2O/c1-16(2,3)10-4-6-14(12(17)8-10)20-15-7-5-11(18)9-13(15)19/h4-9H,1-3H3. The highest BCUT2D eigenvalue weighted by Crippen LogP contribution is 2.34. The summed E-state index contributed by atoms with van der Waals surface area (Å²) < 4.78 is 31.7. The van der Waals surface area contributed by atoms with E-state index < -0.39 is 11.6 Å². The van der Waals surface area contributed by atoms with Crippen LogP contribution in [0.2, 0.25) is 5.02 Å². The molecule has 0 aliphatic rings. The topological polar surface area (TPSA) is 9.23 Å². The number of rotatable bonds is 2. The van der Waals surface area contributed by atoms with E-state index in [9.17, 15) is 8.78 Å². The first kappa shape index (κ1) is 14.8. The van der Waals surface area contributed by atoms with Crippen molar-refractivity contribution in [1.29, 1.82) is 0 Å². The second-order valence-electron chi connectivity index (χ2n) is 5.57. The summed E-state index contributed by atoms with van der Waals surface area (Å²) in [6.45, 7) is 6.20. The molecule has 0 saturated heterocycles. The van der Waals surface area contributed by atoms with Gasteiger partial charge in [-0.15, -0.1) is 0 Å². The van der Waals surface area contributed by atoms with Crippen LogP contribution in [0.3, 0.4) is 0 Å². The zero-order valence-electron chi connectivity index (χ0n) is 11.5. The van der Waals surface area contributed by atoms with E-state index in [-0.39, 0.29) is 11.2 Å². The minimum absolute atomic E-state index is 0.0384. The normalized spacial score (nSPS) is 11.5. The molecular formula is C16H15ClF2O. The molecule has 106 valence electrons. The van der Waals surface area contributed by atoms with E-state index in [1.165, 1.54) is 6.07 Å². The van der Waals surface area contributed by atoms with Crippen molar-refractivity contribution >= 4 is 11.6 Å². The molecule has 2 rings (SSSR count). The van der Waals surface area contributed by atoms with Crippen molar-refractivity contribution in [3.8, 4) is 11.5 Å². The maximum atomic E-state index is 13.5. The summed E-state index contributed by atoms with van der Waals surface area (Å²) in [5.41, 5.74) is 1.01. The molecule has 2 aromatic rings. The fourth-order valence-corrected chi connectivity index (χ4v) is 1.95. The second kappa shape index (κ2) is 5.41. The van der Waals surface area contributed by atoms with Gasteiger partial charge in [-0.1, -0.05) is 38.4 Å². The largest absolute Gasteiger partial charge is 0.453 e. The fraction of sp³-hybridized carbons (Fsp3) is 0.250. The average Bonchev–Trinajstić information content (AvgIpc) is 2.33. The summed E-state index contributed by atoms with van der Waals surface area (Å²) in [5.74, 6) is -1.13. The Kier molecular flexibility index (Phi) is 4.00. The highest BCUT2D eigenvalue weighted by atomic mass is 35.5. The summed E-state index contributed by atoms with van der Waals surface area (Å²) in [6.07, 6.45) is 0. The lowest BCUT2D eigenvalue weighted by molar-refractivity contribution is 0.437. The van der Waals surface area contributed by atoms with E-state index in [4.69, 9.17) is 16.3 Å². The van der Waals surface area contributed by atoms with Gasteiger partial charge in [-0.3, -0.25) is 0 Å². The van der Waals surface area contributed by atoms with Gasteiger partial charge in [0.1, 0.15) is 11.6 Å². The van der Waals surface area contributed by atoms with Crippen LogP contribution >= 0.6 is 11.6 Å². The third-order valence-corrected chi connectivity index (χ3v) is 3.21. The molecule has 0 unspecified atom stereocenters. The molecule has 0 fully saturated rings. The zero-order valence-corrected chi connectivity index (χ0v) is 12.3. The molecule has 0 amide bonds. The number of hydrogen-bond donors (Lipinski definition) is 0. The third kappa shape index (κ3) is 3.28. The van der Waals surface area contributed by atoms with Gasteiger partial charge in [0.15, 0.2) is 11.6 Å². The minimum Gasteiger partial charge on any atom is -0.453 e. The average molecular weight is 297 g/mol. The van der Waals surface area contributed by atoms with Gasteiger partial charge in [-0.25, -0.2) is 8.78 Å². The molecule has 20 heavy (non-hydrogen) atoms. The summed E-state index contributed by atoms with van der Waals surface area (Å²) in [7, 11) is 0.